The largest absolute Gasteiger partial charge is 0.320 e. The van der Waals surface area contributed by atoms with Gasteiger partial charge in [-0.3, -0.25) is 9.58 Å². The van der Waals surface area contributed by atoms with Gasteiger partial charge in [-0.25, -0.2) is 0 Å². The Bertz CT molecular complexity index is 405. The van der Waals surface area contributed by atoms with Crippen molar-refractivity contribution in [2.45, 2.75) is 50.7 Å². The third-order valence-corrected chi connectivity index (χ3v) is 4.24. The predicted molar refractivity (Wildman–Crippen MR) is 67.7 cm³/mol. The maximum absolute atomic E-state index is 6.30. The molecule has 0 bridgehead atoms. The summed E-state index contributed by atoms with van der Waals surface area (Å²) in [6, 6.07) is 3.25. The molecular weight excluding hydrogens is 212 g/mol. The van der Waals surface area contributed by atoms with E-state index in [1.165, 1.54) is 18.7 Å². The van der Waals surface area contributed by atoms with Crippen LogP contribution in [-0.2, 0) is 5.54 Å². The minimum Gasteiger partial charge on any atom is -0.320 e. The Morgan fingerprint density at radius 2 is 2.24 bits per heavy atom. The Morgan fingerprint density at radius 1 is 1.47 bits per heavy atom. The average molecular weight is 234 g/mol. The van der Waals surface area contributed by atoms with Gasteiger partial charge in [0.1, 0.15) is 0 Å². The zero-order chi connectivity index (χ0) is 12.0. The summed E-state index contributed by atoms with van der Waals surface area (Å²) in [5, 5.41) is 4.51. The standard InChI is InChI=1S/C13H22N4/c1-10(2)16-8-4-11(9-16)17-12(3-7-15-17)13(14)5-6-13/h3,7,10-11H,4-6,8-9,14H2,1-2H3. The summed E-state index contributed by atoms with van der Waals surface area (Å²) >= 11 is 0. The number of nitrogens with two attached hydrogens (primary N) is 1. The Balaban J connectivity index is 1.79. The van der Waals surface area contributed by atoms with Crippen molar-refractivity contribution in [3.63, 3.8) is 0 Å². The first-order valence-corrected chi connectivity index (χ1v) is 6.67. The lowest BCUT2D eigenvalue weighted by Crippen LogP contribution is -2.30. The molecular formula is C13H22N4. The quantitative estimate of drug-likeness (QED) is 0.862. The third-order valence-electron chi connectivity index (χ3n) is 4.24. The van der Waals surface area contributed by atoms with Crippen LogP contribution in [0.2, 0.25) is 0 Å². The summed E-state index contributed by atoms with van der Waals surface area (Å²) in [5.41, 5.74) is 7.48. The fourth-order valence-corrected chi connectivity index (χ4v) is 2.83. The molecule has 2 heterocycles. The highest BCUT2D eigenvalue weighted by molar-refractivity contribution is 5.22. The molecule has 0 spiro atoms. The van der Waals surface area contributed by atoms with Crippen LogP contribution < -0.4 is 5.73 Å². The molecule has 2 aliphatic rings. The van der Waals surface area contributed by atoms with Crippen LogP contribution >= 0.6 is 0 Å². The molecule has 2 N–H and O–H groups in total. The first-order chi connectivity index (χ1) is 8.10. The topological polar surface area (TPSA) is 47.1 Å². The molecule has 17 heavy (non-hydrogen) atoms. The van der Waals surface area contributed by atoms with Gasteiger partial charge in [0.15, 0.2) is 0 Å². The average Bonchev–Trinajstić information content (AvgIpc) is 2.78. The second-order valence-electron chi connectivity index (χ2n) is 5.85. The number of aromatic nitrogens is 2. The molecule has 1 aromatic heterocycles. The van der Waals surface area contributed by atoms with Crippen molar-refractivity contribution in [1.82, 2.24) is 14.7 Å². The molecule has 4 heteroatoms. The molecule has 94 valence electrons. The Labute approximate surface area is 103 Å². The zero-order valence-electron chi connectivity index (χ0n) is 10.8. The number of nitrogens with zero attached hydrogens (tertiary/aromatic N) is 3. The van der Waals surface area contributed by atoms with Crippen molar-refractivity contribution in [1.29, 1.82) is 0 Å². The second kappa shape index (κ2) is 3.82. The fraction of sp³-hybridized carbons (Fsp3) is 0.769. The van der Waals surface area contributed by atoms with E-state index in [4.69, 9.17) is 5.73 Å². The van der Waals surface area contributed by atoms with Gasteiger partial charge in [-0.05, 0) is 39.2 Å². The van der Waals surface area contributed by atoms with Crippen LogP contribution in [0.25, 0.3) is 0 Å². The van der Waals surface area contributed by atoms with Crippen molar-refractivity contribution in [2.24, 2.45) is 5.73 Å². The van der Waals surface area contributed by atoms with Crippen molar-refractivity contribution in [3.05, 3.63) is 18.0 Å². The Kier molecular flexibility index (Phi) is 2.52. The van der Waals surface area contributed by atoms with Crippen LogP contribution in [0.3, 0.4) is 0 Å². The predicted octanol–water partition coefficient (Wildman–Crippen LogP) is 1.49. The van der Waals surface area contributed by atoms with E-state index in [1.807, 2.05) is 6.20 Å². The fourth-order valence-electron chi connectivity index (χ4n) is 2.83. The van der Waals surface area contributed by atoms with Crippen molar-refractivity contribution in [2.75, 3.05) is 13.1 Å². The lowest BCUT2D eigenvalue weighted by atomic mass is 10.1. The van der Waals surface area contributed by atoms with E-state index < -0.39 is 0 Å². The van der Waals surface area contributed by atoms with E-state index in [0.717, 1.165) is 19.4 Å². The van der Waals surface area contributed by atoms with Gasteiger partial charge in [0, 0.05) is 25.3 Å². The van der Waals surface area contributed by atoms with Crippen molar-refractivity contribution >= 4 is 0 Å². The summed E-state index contributed by atoms with van der Waals surface area (Å²) in [6.07, 6.45) is 5.32. The molecule has 0 radical (unpaired) electrons. The minimum atomic E-state index is -0.0677. The number of likely N-dealkylation sites (tertiary alicyclic amines) is 1. The molecule has 0 aromatic carbocycles. The van der Waals surface area contributed by atoms with Crippen LogP contribution in [0.15, 0.2) is 12.3 Å². The highest BCUT2D eigenvalue weighted by Crippen LogP contribution is 2.43. The molecule has 2 fully saturated rings. The number of hydrogen-bond donors (Lipinski definition) is 1. The van der Waals surface area contributed by atoms with Gasteiger partial charge in [0.05, 0.1) is 17.3 Å². The van der Waals surface area contributed by atoms with Crippen molar-refractivity contribution < 1.29 is 0 Å². The molecule has 1 saturated heterocycles. The lowest BCUT2D eigenvalue weighted by Gasteiger charge is -2.22. The van der Waals surface area contributed by atoms with E-state index in [-0.39, 0.29) is 5.54 Å². The first-order valence-electron chi connectivity index (χ1n) is 6.67. The smallest absolute Gasteiger partial charge is 0.0662 e. The van der Waals surface area contributed by atoms with E-state index in [9.17, 15) is 0 Å². The maximum Gasteiger partial charge on any atom is 0.0662 e. The van der Waals surface area contributed by atoms with Crippen LogP contribution in [0.1, 0.15) is 44.8 Å². The highest BCUT2D eigenvalue weighted by atomic mass is 15.3. The summed E-state index contributed by atoms with van der Waals surface area (Å²) in [5.74, 6) is 0. The van der Waals surface area contributed by atoms with E-state index in [1.54, 1.807) is 0 Å². The third kappa shape index (κ3) is 1.89. The Morgan fingerprint density at radius 3 is 2.82 bits per heavy atom. The van der Waals surface area contributed by atoms with Crippen LogP contribution in [-0.4, -0.2) is 33.8 Å². The molecule has 1 unspecified atom stereocenters. The van der Waals surface area contributed by atoms with Gasteiger partial charge in [0.25, 0.3) is 0 Å². The maximum atomic E-state index is 6.30. The van der Waals surface area contributed by atoms with Gasteiger partial charge in [-0.1, -0.05) is 0 Å². The van der Waals surface area contributed by atoms with Crippen LogP contribution in [0.5, 0.6) is 0 Å². The first kappa shape index (κ1) is 11.2. The molecule has 1 aromatic rings. The molecule has 0 amide bonds. The SMILES string of the molecule is CC(C)N1CCC(n2nccc2C2(N)CC2)C1. The van der Waals surface area contributed by atoms with Gasteiger partial charge in [-0.15, -0.1) is 0 Å². The number of hydrogen-bond acceptors (Lipinski definition) is 3. The van der Waals surface area contributed by atoms with Crippen LogP contribution in [0.4, 0.5) is 0 Å². The Hall–Kier alpha value is -0.870. The number of rotatable bonds is 3. The van der Waals surface area contributed by atoms with Gasteiger partial charge >= 0.3 is 0 Å². The monoisotopic (exact) mass is 234 g/mol. The van der Waals surface area contributed by atoms with Gasteiger partial charge < -0.3 is 5.73 Å². The zero-order valence-corrected chi connectivity index (χ0v) is 10.8. The normalized spacial score (nSPS) is 27.9. The molecule has 4 nitrogen and oxygen atoms in total. The highest BCUT2D eigenvalue weighted by Gasteiger charge is 2.44. The van der Waals surface area contributed by atoms with Gasteiger partial charge in [-0.2, -0.15) is 5.10 Å². The minimum absolute atomic E-state index is 0.0677. The summed E-state index contributed by atoms with van der Waals surface area (Å²) in [6.45, 7) is 6.82. The lowest BCUT2D eigenvalue weighted by molar-refractivity contribution is 0.261. The molecule has 1 aliphatic carbocycles. The van der Waals surface area contributed by atoms with Gasteiger partial charge in [0.2, 0.25) is 0 Å². The summed E-state index contributed by atoms with van der Waals surface area (Å²) in [4.78, 5) is 2.52. The molecule has 1 aliphatic heterocycles. The summed E-state index contributed by atoms with van der Waals surface area (Å²) in [7, 11) is 0. The second-order valence-corrected chi connectivity index (χ2v) is 5.85. The van der Waals surface area contributed by atoms with E-state index in [2.05, 4.69) is 34.6 Å². The molecule has 1 saturated carbocycles. The molecule has 1 atom stereocenters. The van der Waals surface area contributed by atoms with Crippen molar-refractivity contribution in [3.8, 4) is 0 Å². The van der Waals surface area contributed by atoms with Crippen LogP contribution in [0, 0.1) is 0 Å². The van der Waals surface area contributed by atoms with E-state index in [0.29, 0.717) is 12.1 Å². The van der Waals surface area contributed by atoms with E-state index >= 15 is 0 Å². The molecule has 3 rings (SSSR count). The summed E-state index contributed by atoms with van der Waals surface area (Å²) < 4.78 is 2.19.